The van der Waals surface area contributed by atoms with E-state index in [9.17, 15) is 9.90 Å². The topological polar surface area (TPSA) is 50.2 Å². The molecule has 0 spiro atoms. The average Bonchev–Trinajstić information content (AvgIpc) is 2.48. The lowest BCUT2D eigenvalue weighted by molar-refractivity contribution is -0.136. The summed E-state index contributed by atoms with van der Waals surface area (Å²) in [6.45, 7) is 0. The molecule has 1 aromatic carbocycles. The van der Waals surface area contributed by atoms with E-state index in [1.807, 2.05) is 48.7 Å². The molecule has 1 atom stereocenters. The average molecular weight is 287 g/mol. The molecule has 0 aliphatic carbocycles. The fourth-order valence-corrected chi connectivity index (χ4v) is 3.00. The number of hydrogen-bond acceptors (Lipinski definition) is 3. The van der Waals surface area contributed by atoms with Crippen LogP contribution in [0.2, 0.25) is 0 Å². The molecule has 0 fully saturated rings. The maximum Gasteiger partial charge on any atom is 0.316 e. The first kappa shape index (κ1) is 14.6. The van der Waals surface area contributed by atoms with Crippen LogP contribution >= 0.6 is 11.8 Å². The Hall–Kier alpha value is -1.81. The van der Waals surface area contributed by atoms with Crippen molar-refractivity contribution >= 4 is 17.7 Å². The van der Waals surface area contributed by atoms with E-state index in [0.717, 1.165) is 23.3 Å². The second kappa shape index (κ2) is 7.70. The Labute approximate surface area is 123 Å². The Morgan fingerprint density at radius 3 is 2.55 bits per heavy atom. The molecule has 1 heterocycles. The Balaban J connectivity index is 1.85. The summed E-state index contributed by atoms with van der Waals surface area (Å²) in [4.78, 5) is 15.4. The number of pyridine rings is 1. The van der Waals surface area contributed by atoms with Crippen LogP contribution in [0.15, 0.2) is 54.9 Å². The summed E-state index contributed by atoms with van der Waals surface area (Å²) in [5.41, 5.74) is 2.21. The van der Waals surface area contributed by atoms with Crippen LogP contribution in [0, 0.1) is 0 Å². The summed E-state index contributed by atoms with van der Waals surface area (Å²) in [6.07, 6.45) is 4.98. The number of thioether (sulfide) groups is 1. The minimum Gasteiger partial charge on any atom is -0.480 e. The zero-order valence-corrected chi connectivity index (χ0v) is 11.9. The number of carboxylic acid groups (broad SMARTS) is 1. The lowest BCUT2D eigenvalue weighted by Crippen LogP contribution is -2.20. The molecule has 0 saturated heterocycles. The second-order valence-corrected chi connectivity index (χ2v) is 5.81. The molecule has 1 N–H and O–H groups in total. The monoisotopic (exact) mass is 287 g/mol. The number of rotatable bonds is 7. The first-order chi connectivity index (χ1) is 9.75. The summed E-state index contributed by atoms with van der Waals surface area (Å²) >= 11 is 1.49. The highest BCUT2D eigenvalue weighted by Crippen LogP contribution is 2.18. The molecule has 104 valence electrons. The van der Waals surface area contributed by atoms with Gasteiger partial charge in [0, 0.05) is 12.4 Å². The highest BCUT2D eigenvalue weighted by Gasteiger charge is 2.18. The van der Waals surface area contributed by atoms with E-state index in [0.29, 0.717) is 6.42 Å². The number of nitrogens with zero attached hydrogens (tertiary/aromatic N) is 1. The van der Waals surface area contributed by atoms with Gasteiger partial charge in [-0.05, 0) is 35.8 Å². The summed E-state index contributed by atoms with van der Waals surface area (Å²) in [5.74, 6) is 0.0419. The van der Waals surface area contributed by atoms with Gasteiger partial charge in [0.15, 0.2) is 0 Å². The molecule has 0 amide bonds. The predicted molar refractivity (Wildman–Crippen MR) is 82.0 cm³/mol. The summed E-state index contributed by atoms with van der Waals surface area (Å²) in [7, 11) is 0. The predicted octanol–water partition coefficient (Wildman–Crippen LogP) is 3.05. The van der Waals surface area contributed by atoms with Gasteiger partial charge in [-0.2, -0.15) is 0 Å². The van der Waals surface area contributed by atoms with E-state index in [2.05, 4.69) is 4.98 Å². The lowest BCUT2D eigenvalue weighted by atomic mass is 10.1. The van der Waals surface area contributed by atoms with E-state index in [1.54, 1.807) is 6.20 Å². The molecule has 1 aromatic heterocycles. The van der Waals surface area contributed by atoms with Crippen molar-refractivity contribution in [3.05, 3.63) is 66.0 Å². The lowest BCUT2D eigenvalue weighted by Gasteiger charge is -2.12. The van der Waals surface area contributed by atoms with Gasteiger partial charge in [-0.15, -0.1) is 11.8 Å². The third-order valence-corrected chi connectivity index (χ3v) is 4.18. The quantitative estimate of drug-likeness (QED) is 0.850. The number of hydrogen-bond donors (Lipinski definition) is 1. The molecule has 0 saturated carbocycles. The van der Waals surface area contributed by atoms with Gasteiger partial charge in [-0.1, -0.05) is 36.4 Å². The largest absolute Gasteiger partial charge is 0.480 e. The smallest absolute Gasteiger partial charge is 0.316 e. The van der Waals surface area contributed by atoms with Crippen molar-refractivity contribution in [2.75, 3.05) is 5.75 Å². The van der Waals surface area contributed by atoms with Crippen LogP contribution in [-0.4, -0.2) is 27.1 Å². The molecule has 0 aliphatic heterocycles. The highest BCUT2D eigenvalue weighted by atomic mass is 32.2. The Kier molecular flexibility index (Phi) is 5.62. The van der Waals surface area contributed by atoms with Gasteiger partial charge < -0.3 is 5.11 Å². The maximum atomic E-state index is 11.3. The summed E-state index contributed by atoms with van der Waals surface area (Å²) in [5, 5.41) is 8.90. The molecule has 0 radical (unpaired) electrons. The Bertz CT molecular complexity index is 531. The van der Waals surface area contributed by atoms with E-state index in [-0.39, 0.29) is 0 Å². The van der Waals surface area contributed by atoms with Crippen LogP contribution in [0.5, 0.6) is 0 Å². The summed E-state index contributed by atoms with van der Waals surface area (Å²) < 4.78 is 0. The highest BCUT2D eigenvalue weighted by molar-refractivity contribution is 8.00. The van der Waals surface area contributed by atoms with Gasteiger partial charge in [0.25, 0.3) is 0 Å². The standard InChI is InChI=1S/C16H17NO2S/c18-16(19)15(11-13-5-2-1-3-6-13)20-10-8-14-7-4-9-17-12-14/h1-7,9,12,15H,8,10-11H2,(H,18,19). The summed E-state index contributed by atoms with van der Waals surface area (Å²) in [6, 6.07) is 13.7. The molecule has 0 bridgehead atoms. The van der Waals surface area contributed by atoms with Gasteiger partial charge in [0.05, 0.1) is 0 Å². The van der Waals surface area contributed by atoms with Crippen LogP contribution in [0.25, 0.3) is 0 Å². The Morgan fingerprint density at radius 1 is 1.15 bits per heavy atom. The van der Waals surface area contributed by atoms with Crippen molar-refractivity contribution in [2.24, 2.45) is 0 Å². The normalized spacial score (nSPS) is 12.0. The number of carboxylic acids is 1. The van der Waals surface area contributed by atoms with Gasteiger partial charge in [-0.3, -0.25) is 9.78 Å². The van der Waals surface area contributed by atoms with Crippen molar-refractivity contribution < 1.29 is 9.90 Å². The SMILES string of the molecule is O=C(O)C(Cc1ccccc1)SCCc1cccnc1. The minimum absolute atomic E-state index is 0.394. The Morgan fingerprint density at radius 2 is 1.90 bits per heavy atom. The van der Waals surface area contributed by atoms with Crippen molar-refractivity contribution in [3.63, 3.8) is 0 Å². The van der Waals surface area contributed by atoms with Crippen LogP contribution in [0.1, 0.15) is 11.1 Å². The molecular weight excluding hydrogens is 270 g/mol. The van der Waals surface area contributed by atoms with Gasteiger partial charge in [-0.25, -0.2) is 0 Å². The first-order valence-electron chi connectivity index (χ1n) is 6.53. The number of aliphatic carboxylic acids is 1. The molecule has 2 rings (SSSR count). The molecular formula is C16H17NO2S. The molecule has 0 aliphatic rings. The fourth-order valence-electron chi connectivity index (χ4n) is 1.91. The van der Waals surface area contributed by atoms with Crippen molar-refractivity contribution in [2.45, 2.75) is 18.1 Å². The minimum atomic E-state index is -0.745. The molecule has 20 heavy (non-hydrogen) atoms. The van der Waals surface area contributed by atoms with Gasteiger partial charge in [0.1, 0.15) is 5.25 Å². The number of aromatic nitrogens is 1. The van der Waals surface area contributed by atoms with Gasteiger partial charge in [0.2, 0.25) is 0 Å². The fraction of sp³-hybridized carbons (Fsp3) is 0.250. The van der Waals surface area contributed by atoms with Crippen LogP contribution < -0.4 is 0 Å². The van der Waals surface area contributed by atoms with Crippen molar-refractivity contribution in [1.82, 2.24) is 4.98 Å². The zero-order valence-electron chi connectivity index (χ0n) is 11.1. The van der Waals surface area contributed by atoms with E-state index < -0.39 is 11.2 Å². The van der Waals surface area contributed by atoms with Crippen LogP contribution in [-0.2, 0) is 17.6 Å². The molecule has 1 unspecified atom stereocenters. The number of benzene rings is 1. The number of aryl methyl sites for hydroxylation is 1. The van der Waals surface area contributed by atoms with Crippen molar-refractivity contribution in [3.8, 4) is 0 Å². The molecule has 3 nitrogen and oxygen atoms in total. The zero-order chi connectivity index (χ0) is 14.2. The molecule has 2 aromatic rings. The van der Waals surface area contributed by atoms with E-state index >= 15 is 0 Å². The third kappa shape index (κ3) is 4.70. The van der Waals surface area contributed by atoms with E-state index in [1.165, 1.54) is 11.8 Å². The second-order valence-electron chi connectivity index (χ2n) is 4.50. The third-order valence-electron chi connectivity index (χ3n) is 2.97. The van der Waals surface area contributed by atoms with Crippen LogP contribution in [0.4, 0.5) is 0 Å². The first-order valence-corrected chi connectivity index (χ1v) is 7.58. The van der Waals surface area contributed by atoms with Crippen LogP contribution in [0.3, 0.4) is 0 Å². The van der Waals surface area contributed by atoms with Gasteiger partial charge >= 0.3 is 5.97 Å². The van der Waals surface area contributed by atoms with Crippen molar-refractivity contribution in [1.29, 1.82) is 0 Å². The molecule has 4 heteroatoms. The number of carbonyl (C=O) groups is 1. The maximum absolute atomic E-state index is 11.3. The van der Waals surface area contributed by atoms with E-state index in [4.69, 9.17) is 0 Å².